The summed E-state index contributed by atoms with van der Waals surface area (Å²) in [4.78, 5) is 10.7. The van der Waals surface area contributed by atoms with Crippen LogP contribution in [0.15, 0.2) is 24.3 Å². The number of aromatic hydroxyl groups is 1. The van der Waals surface area contributed by atoms with Gasteiger partial charge >= 0.3 is 6.09 Å². The Kier molecular flexibility index (Phi) is 10.2. The summed E-state index contributed by atoms with van der Waals surface area (Å²) in [7, 11) is 5.54. The minimum atomic E-state index is -4.41. The Balaban J connectivity index is 0. The lowest BCUT2D eigenvalue weighted by molar-refractivity contribution is 0.165. The first-order valence-corrected chi connectivity index (χ1v) is 7.56. The number of quaternary nitrogens is 1. The van der Waals surface area contributed by atoms with Crippen molar-refractivity contribution in [3.8, 4) is 5.75 Å². The van der Waals surface area contributed by atoms with Crippen LogP contribution in [0.2, 0.25) is 0 Å². The molecule has 23 heavy (non-hydrogen) atoms. The van der Waals surface area contributed by atoms with E-state index < -0.39 is 16.5 Å². The molecule has 0 spiro atoms. The van der Waals surface area contributed by atoms with E-state index in [1.54, 1.807) is 12.1 Å². The van der Waals surface area contributed by atoms with Gasteiger partial charge in [-0.2, -0.15) is 0 Å². The van der Waals surface area contributed by atoms with Crippen LogP contribution in [0.1, 0.15) is 0 Å². The Labute approximate surface area is 136 Å². The van der Waals surface area contributed by atoms with E-state index >= 15 is 0 Å². The molecule has 0 unspecified atom stereocenters. The number of rotatable bonds is 2. The predicted octanol–water partition coefficient (Wildman–Crippen LogP) is 0.908. The quantitative estimate of drug-likeness (QED) is 0.460. The van der Waals surface area contributed by atoms with Gasteiger partial charge in [-0.15, -0.1) is 0 Å². The summed E-state index contributed by atoms with van der Waals surface area (Å²) in [5.41, 5.74) is 1.10. The molecule has 1 rings (SSSR count). The van der Waals surface area contributed by atoms with Crippen molar-refractivity contribution in [3.05, 3.63) is 24.3 Å². The lowest BCUT2D eigenvalue weighted by atomic mass is 10.2. The second kappa shape index (κ2) is 10.0. The fraction of sp³-hybridized carbons (Fsp3) is 0.462. The summed E-state index contributed by atoms with van der Waals surface area (Å²) in [6, 6.07) is 7.31. The number of benzene rings is 1. The number of hydrogen-bond acceptors (Lipinski definition) is 6. The van der Waals surface area contributed by atoms with Crippen molar-refractivity contribution < 1.29 is 32.2 Å². The molecule has 0 atom stereocenters. The zero-order valence-corrected chi connectivity index (χ0v) is 14.9. The van der Waals surface area contributed by atoms with Gasteiger partial charge < -0.3 is 19.7 Å². The Bertz CT molecular complexity index is 580. The van der Waals surface area contributed by atoms with Crippen molar-refractivity contribution in [2.75, 3.05) is 42.3 Å². The lowest BCUT2D eigenvalue weighted by Gasteiger charge is -2.23. The maximum Gasteiger partial charge on any atom is 0.406 e. The van der Waals surface area contributed by atoms with Crippen molar-refractivity contribution in [2.24, 2.45) is 0 Å². The highest BCUT2D eigenvalue weighted by molar-refractivity contribution is 7.80. The zero-order valence-electron chi connectivity index (χ0n) is 14.0. The normalized spacial score (nSPS) is 10.6. The number of amides is 1. The van der Waals surface area contributed by atoms with Gasteiger partial charge in [-0.25, -0.2) is 13.2 Å². The second-order valence-corrected chi connectivity index (χ2v) is 6.43. The van der Waals surface area contributed by atoms with E-state index in [9.17, 15) is 17.8 Å². The molecule has 0 saturated heterocycles. The van der Waals surface area contributed by atoms with Crippen molar-refractivity contribution in [1.29, 1.82) is 0 Å². The van der Waals surface area contributed by atoms with Crippen LogP contribution in [0.25, 0.3) is 0 Å². The fourth-order valence-corrected chi connectivity index (χ4v) is 0.910. The zero-order chi connectivity index (χ0) is 18.8. The molecule has 134 valence electrons. The maximum atomic E-state index is 9.62. The predicted molar refractivity (Wildman–Crippen MR) is 86.1 cm³/mol. The van der Waals surface area contributed by atoms with Crippen LogP contribution in [-0.4, -0.2) is 76.5 Å². The molecule has 0 aromatic heterocycles. The molecule has 0 fully saturated rings. The monoisotopic (exact) mass is 352 g/mol. The molecule has 0 radical (unpaired) electrons. The van der Waals surface area contributed by atoms with E-state index in [0.717, 1.165) is 22.2 Å². The first-order chi connectivity index (χ1) is 10.2. The summed E-state index contributed by atoms with van der Waals surface area (Å²) in [6.07, 6.45) is -0.907. The highest BCUT2D eigenvalue weighted by Gasteiger charge is 2.11. The van der Waals surface area contributed by atoms with E-state index in [1.807, 2.05) is 12.1 Å². The summed E-state index contributed by atoms with van der Waals surface area (Å²) in [5.74, 6) is 0.329. The Morgan fingerprint density at radius 1 is 1.26 bits per heavy atom. The van der Waals surface area contributed by atoms with E-state index in [2.05, 4.69) is 25.3 Å². The van der Waals surface area contributed by atoms with Crippen LogP contribution >= 0.6 is 0 Å². The Morgan fingerprint density at radius 3 is 1.83 bits per heavy atom. The molecular formula is C13H24N2O7S. The lowest BCUT2D eigenvalue weighted by Crippen LogP contribution is -2.34. The van der Waals surface area contributed by atoms with Crippen LogP contribution in [0, 0.1) is 0 Å². The number of hydrogen-bond donors (Lipinski definition) is 2. The molecule has 0 aliphatic carbocycles. The summed E-state index contributed by atoms with van der Waals surface area (Å²) >= 11 is 0. The number of carboxylic acid groups (broad SMARTS) is 1. The SMILES string of the molecule is CN(C)C(=O)O.COS(=O)(=O)[O-].C[N+](C)(C)c1cccc(O)c1. The van der Waals surface area contributed by atoms with E-state index in [4.69, 9.17) is 10.2 Å². The third kappa shape index (κ3) is 14.8. The molecule has 0 bridgehead atoms. The Morgan fingerprint density at radius 2 is 1.65 bits per heavy atom. The van der Waals surface area contributed by atoms with Gasteiger partial charge in [-0.3, -0.25) is 8.67 Å². The molecule has 0 aliphatic rings. The van der Waals surface area contributed by atoms with Crippen LogP contribution in [-0.2, 0) is 14.6 Å². The minimum Gasteiger partial charge on any atom is -0.726 e. The fourth-order valence-electron chi connectivity index (χ4n) is 0.910. The maximum absolute atomic E-state index is 9.62. The molecule has 9 nitrogen and oxygen atoms in total. The molecule has 0 aliphatic heterocycles. The average Bonchev–Trinajstić information content (AvgIpc) is 2.38. The van der Waals surface area contributed by atoms with Gasteiger partial charge in [-0.1, -0.05) is 6.07 Å². The van der Waals surface area contributed by atoms with Crippen LogP contribution < -0.4 is 4.48 Å². The Hall–Kier alpha value is -1.88. The molecule has 2 N–H and O–H groups in total. The van der Waals surface area contributed by atoms with Gasteiger partial charge in [0.05, 0.1) is 28.3 Å². The smallest absolute Gasteiger partial charge is 0.406 e. The third-order valence-corrected chi connectivity index (χ3v) is 2.60. The average molecular weight is 352 g/mol. The number of carbonyl (C=O) groups is 1. The third-order valence-electron chi connectivity index (χ3n) is 2.19. The standard InChI is InChI=1S/C9H13NO.C3H7NO2.CH4O4S/c1-10(2,3)8-5-4-6-9(11)7-8;1-4(2)3(5)6;1-5-6(2,3)4/h4-7H,1-3H3;1-2H3,(H,5,6);1H3,(H,2,3,4). The molecule has 1 aromatic rings. The highest BCUT2D eigenvalue weighted by atomic mass is 32.3. The summed E-state index contributed by atoms with van der Waals surface area (Å²) in [5, 5.41) is 17.1. The molecule has 0 heterocycles. The number of nitrogens with zero attached hydrogens (tertiary/aromatic N) is 2. The largest absolute Gasteiger partial charge is 0.726 e. The van der Waals surface area contributed by atoms with E-state index in [1.165, 1.54) is 14.1 Å². The van der Waals surface area contributed by atoms with Gasteiger partial charge in [0.15, 0.2) is 0 Å². The summed E-state index contributed by atoms with van der Waals surface area (Å²) < 4.78 is 31.8. The first kappa shape index (κ1) is 23.4. The van der Waals surface area contributed by atoms with Crippen LogP contribution in [0.4, 0.5) is 10.5 Å². The number of phenolic OH excluding ortho intramolecular Hbond substituents is 1. The van der Waals surface area contributed by atoms with Gasteiger partial charge in [0, 0.05) is 20.2 Å². The molecular weight excluding hydrogens is 328 g/mol. The molecule has 10 heteroatoms. The molecule has 0 saturated carbocycles. The van der Waals surface area contributed by atoms with Gasteiger partial charge in [0.25, 0.3) is 0 Å². The molecule has 1 amide bonds. The van der Waals surface area contributed by atoms with E-state index in [-0.39, 0.29) is 0 Å². The van der Waals surface area contributed by atoms with Crippen molar-refractivity contribution in [3.63, 3.8) is 0 Å². The first-order valence-electron chi connectivity index (χ1n) is 6.23. The van der Waals surface area contributed by atoms with Crippen molar-refractivity contribution in [1.82, 2.24) is 9.38 Å². The highest BCUT2D eigenvalue weighted by Crippen LogP contribution is 2.21. The minimum absolute atomic E-state index is 0.329. The van der Waals surface area contributed by atoms with Gasteiger partial charge in [0.2, 0.25) is 10.4 Å². The second-order valence-electron chi connectivity index (χ2n) is 5.28. The van der Waals surface area contributed by atoms with E-state index in [0.29, 0.717) is 5.75 Å². The van der Waals surface area contributed by atoms with Gasteiger partial charge in [0.1, 0.15) is 11.4 Å². The summed E-state index contributed by atoms with van der Waals surface area (Å²) in [6.45, 7) is 0. The van der Waals surface area contributed by atoms with Gasteiger partial charge in [-0.05, 0) is 12.1 Å². The van der Waals surface area contributed by atoms with Crippen molar-refractivity contribution >= 4 is 22.2 Å². The van der Waals surface area contributed by atoms with Crippen molar-refractivity contribution in [2.45, 2.75) is 0 Å². The topological polar surface area (TPSA) is 127 Å². The number of phenols is 1. The van der Waals surface area contributed by atoms with Crippen LogP contribution in [0.3, 0.4) is 0 Å². The molecule has 1 aromatic carbocycles. The van der Waals surface area contributed by atoms with Crippen LogP contribution in [0.5, 0.6) is 5.75 Å².